The highest BCUT2D eigenvalue weighted by molar-refractivity contribution is 5.94. The standard InChI is InChI=1S/C30H36N2O5/c1-19-16-27(36-2)25(24-13-15-32(28(19)24)30(34)35)18-31-14-12-23(20-6-4-5-7-20)17-26(31)21-8-10-22(11-9-21)29(33)37-3/h8-11,13,15-16,20,23,26H,4-7,12,14,17-18H2,1-3H3,(H,34,35)/t23?,26-/m0/s1. The van der Waals surface area contributed by atoms with Gasteiger partial charge in [-0.25, -0.2) is 9.59 Å². The summed E-state index contributed by atoms with van der Waals surface area (Å²) in [6.45, 7) is 3.54. The van der Waals surface area contributed by atoms with Crippen molar-refractivity contribution in [3.63, 3.8) is 0 Å². The number of hydrogen-bond acceptors (Lipinski definition) is 5. The quantitative estimate of drug-likeness (QED) is 0.391. The summed E-state index contributed by atoms with van der Waals surface area (Å²) in [7, 11) is 3.08. The Morgan fingerprint density at radius 3 is 2.41 bits per heavy atom. The predicted molar refractivity (Wildman–Crippen MR) is 142 cm³/mol. The number of ether oxygens (including phenoxy) is 2. The minimum atomic E-state index is -0.991. The maximum absolute atomic E-state index is 12.0. The molecule has 2 fully saturated rings. The average Bonchev–Trinajstić information content (AvgIpc) is 3.61. The number of fused-ring (bicyclic) bond motifs is 1. The predicted octanol–water partition coefficient (Wildman–Crippen LogP) is 6.41. The minimum Gasteiger partial charge on any atom is -0.496 e. The van der Waals surface area contributed by atoms with Crippen LogP contribution in [0.2, 0.25) is 0 Å². The number of carboxylic acid groups (broad SMARTS) is 1. The van der Waals surface area contributed by atoms with Crippen molar-refractivity contribution in [3.05, 3.63) is 64.8 Å². The fourth-order valence-electron chi connectivity index (χ4n) is 6.66. The molecule has 1 N–H and O–H groups in total. The van der Waals surface area contributed by atoms with Crippen molar-refractivity contribution in [2.45, 2.75) is 58.0 Å². The van der Waals surface area contributed by atoms with Gasteiger partial charge in [0.05, 0.1) is 25.3 Å². The molecule has 196 valence electrons. The second-order valence-corrected chi connectivity index (χ2v) is 10.5. The molecule has 7 nitrogen and oxygen atoms in total. The van der Waals surface area contributed by atoms with Crippen LogP contribution in [0.1, 0.15) is 71.6 Å². The van der Waals surface area contributed by atoms with E-state index in [2.05, 4.69) is 17.0 Å². The zero-order valence-corrected chi connectivity index (χ0v) is 21.9. The molecule has 3 aromatic rings. The Bertz CT molecular complexity index is 1290. The Labute approximate surface area is 218 Å². The van der Waals surface area contributed by atoms with Gasteiger partial charge in [0, 0.05) is 29.7 Å². The molecule has 0 spiro atoms. The molecule has 2 heterocycles. The van der Waals surface area contributed by atoms with Gasteiger partial charge in [-0.2, -0.15) is 0 Å². The van der Waals surface area contributed by atoms with Gasteiger partial charge in [-0.1, -0.05) is 37.8 Å². The minimum absolute atomic E-state index is 0.202. The molecular weight excluding hydrogens is 468 g/mol. The fourth-order valence-corrected chi connectivity index (χ4v) is 6.66. The first-order valence-electron chi connectivity index (χ1n) is 13.2. The highest BCUT2D eigenvalue weighted by Gasteiger charge is 2.35. The Balaban J connectivity index is 1.51. The molecule has 5 rings (SSSR count). The summed E-state index contributed by atoms with van der Waals surface area (Å²) < 4.78 is 12.0. The summed E-state index contributed by atoms with van der Waals surface area (Å²) in [6, 6.07) is 11.9. The van der Waals surface area contributed by atoms with Crippen LogP contribution >= 0.6 is 0 Å². The first-order chi connectivity index (χ1) is 17.9. The number of benzene rings is 2. The number of hydrogen-bond donors (Lipinski definition) is 1. The molecule has 1 aliphatic carbocycles. The monoisotopic (exact) mass is 504 g/mol. The van der Waals surface area contributed by atoms with Gasteiger partial charge in [0.15, 0.2) is 0 Å². The van der Waals surface area contributed by atoms with Crippen LogP contribution in [0.5, 0.6) is 5.75 Å². The van der Waals surface area contributed by atoms with Gasteiger partial charge >= 0.3 is 12.1 Å². The molecule has 0 bridgehead atoms. The van der Waals surface area contributed by atoms with E-state index >= 15 is 0 Å². The molecule has 7 heteroatoms. The van der Waals surface area contributed by atoms with Crippen molar-refractivity contribution in [2.75, 3.05) is 20.8 Å². The van der Waals surface area contributed by atoms with E-state index in [9.17, 15) is 14.7 Å². The van der Waals surface area contributed by atoms with Gasteiger partial charge in [0.2, 0.25) is 0 Å². The van der Waals surface area contributed by atoms with E-state index in [1.807, 2.05) is 31.2 Å². The Hall–Kier alpha value is -3.32. The molecule has 2 aromatic carbocycles. The zero-order valence-electron chi connectivity index (χ0n) is 21.9. The topological polar surface area (TPSA) is 81.0 Å². The van der Waals surface area contributed by atoms with Crippen molar-refractivity contribution in [2.24, 2.45) is 11.8 Å². The number of esters is 1. The van der Waals surface area contributed by atoms with Crippen molar-refractivity contribution in [1.29, 1.82) is 0 Å². The first kappa shape index (κ1) is 25.3. The maximum atomic E-state index is 12.0. The van der Waals surface area contributed by atoms with E-state index in [1.54, 1.807) is 13.3 Å². The lowest BCUT2D eigenvalue weighted by atomic mass is 9.78. The number of likely N-dealkylation sites (tertiary alicyclic amines) is 1. The van der Waals surface area contributed by atoms with Crippen LogP contribution in [-0.2, 0) is 11.3 Å². The lowest BCUT2D eigenvalue weighted by Crippen LogP contribution is -2.38. The van der Waals surface area contributed by atoms with Crippen LogP contribution in [0, 0.1) is 18.8 Å². The van der Waals surface area contributed by atoms with E-state index in [1.165, 1.54) is 42.9 Å². The number of nitrogens with zero attached hydrogens (tertiary/aromatic N) is 2. The summed E-state index contributed by atoms with van der Waals surface area (Å²) in [6.07, 6.45) is 8.20. The summed E-state index contributed by atoms with van der Waals surface area (Å²) in [5, 5.41) is 10.6. The van der Waals surface area contributed by atoms with Crippen molar-refractivity contribution < 1.29 is 24.2 Å². The van der Waals surface area contributed by atoms with Crippen LogP contribution in [0.15, 0.2) is 42.6 Å². The largest absolute Gasteiger partial charge is 0.496 e. The molecule has 0 radical (unpaired) electrons. The van der Waals surface area contributed by atoms with Crippen molar-refractivity contribution >= 4 is 23.0 Å². The first-order valence-corrected chi connectivity index (χ1v) is 13.2. The highest BCUT2D eigenvalue weighted by Crippen LogP contribution is 2.44. The molecule has 2 aliphatic rings. The average molecular weight is 505 g/mol. The van der Waals surface area contributed by atoms with E-state index in [0.717, 1.165) is 47.6 Å². The van der Waals surface area contributed by atoms with E-state index in [4.69, 9.17) is 9.47 Å². The Kier molecular flexibility index (Phi) is 7.24. The van der Waals surface area contributed by atoms with Gasteiger partial charge < -0.3 is 14.6 Å². The highest BCUT2D eigenvalue weighted by atomic mass is 16.5. The van der Waals surface area contributed by atoms with Gasteiger partial charge in [-0.05, 0) is 73.5 Å². The van der Waals surface area contributed by atoms with E-state index in [0.29, 0.717) is 23.5 Å². The number of piperidine rings is 1. The molecule has 1 saturated carbocycles. The summed E-state index contributed by atoms with van der Waals surface area (Å²) in [4.78, 5) is 26.4. The fraction of sp³-hybridized carbons (Fsp3) is 0.467. The smallest absolute Gasteiger partial charge is 0.416 e. The van der Waals surface area contributed by atoms with Crippen molar-refractivity contribution in [3.8, 4) is 5.75 Å². The van der Waals surface area contributed by atoms with Crippen molar-refractivity contribution in [1.82, 2.24) is 9.47 Å². The van der Waals surface area contributed by atoms with Crippen LogP contribution in [0.4, 0.5) is 4.79 Å². The molecular formula is C30H36N2O5. The molecule has 1 aromatic heterocycles. The summed E-state index contributed by atoms with van der Waals surface area (Å²) in [5.74, 6) is 1.94. The van der Waals surface area contributed by atoms with E-state index in [-0.39, 0.29) is 12.0 Å². The molecule has 2 atom stereocenters. The lowest BCUT2D eigenvalue weighted by Gasteiger charge is -2.42. The molecule has 1 unspecified atom stereocenters. The lowest BCUT2D eigenvalue weighted by molar-refractivity contribution is 0.0600. The summed E-state index contributed by atoms with van der Waals surface area (Å²) in [5.41, 5.74) is 4.35. The Morgan fingerprint density at radius 2 is 1.76 bits per heavy atom. The second kappa shape index (κ2) is 10.6. The SMILES string of the molecule is COC(=O)c1ccc([C@@H]2CC(C3CCCC3)CCN2Cc2c(OC)cc(C)c3c2ccn3C(=O)O)cc1. The number of carbonyl (C=O) groups is 2. The summed E-state index contributed by atoms with van der Waals surface area (Å²) >= 11 is 0. The van der Waals surface area contributed by atoms with Gasteiger partial charge in [0.25, 0.3) is 0 Å². The normalized spacial score (nSPS) is 20.8. The molecule has 0 amide bonds. The number of aryl methyl sites for hydroxylation is 1. The number of carbonyl (C=O) groups excluding carboxylic acids is 1. The van der Waals surface area contributed by atoms with Gasteiger partial charge in [0.1, 0.15) is 5.75 Å². The Morgan fingerprint density at radius 1 is 1.03 bits per heavy atom. The maximum Gasteiger partial charge on any atom is 0.416 e. The number of methoxy groups -OCH3 is 2. The third kappa shape index (κ3) is 4.85. The van der Waals surface area contributed by atoms with Gasteiger partial charge in [-0.15, -0.1) is 0 Å². The van der Waals surface area contributed by atoms with E-state index < -0.39 is 6.09 Å². The van der Waals surface area contributed by atoms with Crippen LogP contribution in [0.25, 0.3) is 10.9 Å². The van der Waals surface area contributed by atoms with Crippen LogP contribution in [0.3, 0.4) is 0 Å². The number of aromatic nitrogens is 1. The third-order valence-corrected chi connectivity index (χ3v) is 8.55. The number of rotatable bonds is 6. The van der Waals surface area contributed by atoms with Crippen LogP contribution < -0.4 is 4.74 Å². The molecule has 1 aliphatic heterocycles. The zero-order chi connectivity index (χ0) is 26.1. The molecule has 1 saturated heterocycles. The van der Waals surface area contributed by atoms with Crippen LogP contribution in [-0.4, -0.2) is 47.4 Å². The second-order valence-electron chi connectivity index (χ2n) is 10.5. The third-order valence-electron chi connectivity index (χ3n) is 8.55. The van der Waals surface area contributed by atoms with Gasteiger partial charge in [-0.3, -0.25) is 9.47 Å². The molecule has 37 heavy (non-hydrogen) atoms.